The highest BCUT2D eigenvalue weighted by molar-refractivity contribution is 7.88. The zero-order chi connectivity index (χ0) is 38.2. The lowest BCUT2D eigenvalue weighted by Gasteiger charge is -2.30. The molecule has 3 fully saturated rings. The first kappa shape index (κ1) is 38.0. The second-order valence-electron chi connectivity index (χ2n) is 15.6. The van der Waals surface area contributed by atoms with Crippen molar-refractivity contribution in [3.05, 3.63) is 47.5 Å². The molecule has 16 nitrogen and oxygen atoms in total. The number of hydrogen-bond donors (Lipinski definition) is 4. The van der Waals surface area contributed by atoms with E-state index in [1.165, 1.54) is 9.80 Å². The van der Waals surface area contributed by atoms with Crippen LogP contribution in [0.2, 0.25) is 0 Å². The average molecular weight is 754 g/mol. The van der Waals surface area contributed by atoms with Crippen LogP contribution in [-0.4, -0.2) is 89.5 Å². The molecule has 1 aromatic carbocycles. The molecule has 5 atom stereocenters. The molecule has 5 amide bonds. The van der Waals surface area contributed by atoms with Crippen LogP contribution in [0.5, 0.6) is 0 Å². The van der Waals surface area contributed by atoms with Gasteiger partial charge in [-0.25, -0.2) is 14.3 Å². The lowest BCUT2D eigenvalue weighted by molar-refractivity contribution is -0.141. The van der Waals surface area contributed by atoms with Crippen LogP contribution in [0.25, 0.3) is 0 Å². The number of allylic oxidation sites excluding steroid dienone is 1. The molecule has 2 saturated carbocycles. The molecule has 1 saturated heterocycles. The smallest absolute Gasteiger partial charge is 0.410 e. The van der Waals surface area contributed by atoms with E-state index in [4.69, 9.17) is 9.47 Å². The molecule has 6 rings (SSSR count). The fourth-order valence-corrected chi connectivity index (χ4v) is 8.39. The van der Waals surface area contributed by atoms with Crippen LogP contribution in [0.1, 0.15) is 89.7 Å². The molecule has 0 spiro atoms. The molecule has 4 N–H and O–H groups in total. The highest BCUT2D eigenvalue weighted by Gasteiger charge is 2.62. The Hall–Kier alpha value is -4.69. The molecule has 0 aromatic heterocycles. The molecule has 17 heteroatoms. The van der Waals surface area contributed by atoms with E-state index in [-0.39, 0.29) is 25.8 Å². The molecule has 2 aliphatic carbocycles. The van der Waals surface area contributed by atoms with Gasteiger partial charge in [0.25, 0.3) is 5.91 Å². The third-order valence-corrected chi connectivity index (χ3v) is 11.3. The Kier molecular flexibility index (Phi) is 10.5. The first-order chi connectivity index (χ1) is 25.0. The van der Waals surface area contributed by atoms with Gasteiger partial charge in [-0.2, -0.15) is 18.4 Å². The van der Waals surface area contributed by atoms with Crippen LogP contribution in [0, 0.1) is 17.2 Å². The zero-order valence-electron chi connectivity index (χ0n) is 30.2. The Morgan fingerprint density at radius 2 is 1.75 bits per heavy atom. The number of nitrogens with one attached hydrogen (secondary N) is 4. The second kappa shape index (κ2) is 14.6. The molecule has 3 heterocycles. The van der Waals surface area contributed by atoms with Gasteiger partial charge in [0.05, 0.1) is 12.6 Å². The summed E-state index contributed by atoms with van der Waals surface area (Å²) in [6, 6.07) is 7.24. The maximum absolute atomic E-state index is 14.3. The van der Waals surface area contributed by atoms with E-state index in [2.05, 4.69) is 15.4 Å². The summed E-state index contributed by atoms with van der Waals surface area (Å²) in [6.07, 6.45) is 4.84. The van der Waals surface area contributed by atoms with Gasteiger partial charge < -0.3 is 25.0 Å². The molecular formula is C36H47N7O9S. The number of amides is 5. The summed E-state index contributed by atoms with van der Waals surface area (Å²) in [5, 5.41) is 14.8. The Morgan fingerprint density at radius 1 is 1.06 bits per heavy atom. The fraction of sp³-hybridized carbons (Fsp3) is 0.611. The molecule has 5 unspecified atom stereocenters. The van der Waals surface area contributed by atoms with Crippen LogP contribution in [0.4, 0.5) is 9.59 Å². The van der Waals surface area contributed by atoms with Gasteiger partial charge in [-0.3, -0.25) is 19.3 Å². The van der Waals surface area contributed by atoms with Crippen molar-refractivity contribution < 1.29 is 41.9 Å². The first-order valence-electron chi connectivity index (χ1n) is 18.1. The number of hydrogen-bond acceptors (Lipinski definition) is 10. The molecule has 286 valence electrons. The van der Waals surface area contributed by atoms with E-state index < -0.39 is 80.9 Å². The van der Waals surface area contributed by atoms with E-state index in [1.807, 2.05) is 41.1 Å². The third kappa shape index (κ3) is 8.93. The number of rotatable bonds is 6. The summed E-state index contributed by atoms with van der Waals surface area (Å²) < 4.78 is 41.4. The van der Waals surface area contributed by atoms with E-state index in [1.54, 1.807) is 26.8 Å². The highest BCUT2D eigenvalue weighted by Crippen LogP contribution is 2.46. The van der Waals surface area contributed by atoms with Crippen LogP contribution in [0.3, 0.4) is 0 Å². The number of carbonyl (C=O) groups excluding carboxylic acids is 5. The van der Waals surface area contributed by atoms with Crippen molar-refractivity contribution in [1.29, 1.82) is 5.26 Å². The van der Waals surface area contributed by atoms with E-state index in [0.29, 0.717) is 45.2 Å². The van der Waals surface area contributed by atoms with Crippen molar-refractivity contribution in [3.63, 3.8) is 0 Å². The van der Waals surface area contributed by atoms with Crippen molar-refractivity contribution in [3.8, 4) is 6.07 Å². The zero-order valence-corrected chi connectivity index (χ0v) is 31.0. The Morgan fingerprint density at radius 3 is 2.40 bits per heavy atom. The minimum absolute atomic E-state index is 0.0947. The van der Waals surface area contributed by atoms with Crippen molar-refractivity contribution >= 4 is 40.1 Å². The monoisotopic (exact) mass is 753 g/mol. The van der Waals surface area contributed by atoms with Crippen LogP contribution in [0.15, 0.2) is 36.4 Å². The predicted octanol–water partition coefficient (Wildman–Crippen LogP) is 2.40. The number of nitriles is 1. The minimum atomic E-state index is -4.47. The maximum atomic E-state index is 14.3. The van der Waals surface area contributed by atoms with Gasteiger partial charge >= 0.3 is 22.4 Å². The van der Waals surface area contributed by atoms with Crippen molar-refractivity contribution in [2.75, 3.05) is 6.54 Å². The summed E-state index contributed by atoms with van der Waals surface area (Å²) in [7, 11) is -4.47. The summed E-state index contributed by atoms with van der Waals surface area (Å²) in [5.41, 5.74) is -1.80. The largest absolute Gasteiger partial charge is 0.444 e. The van der Waals surface area contributed by atoms with Gasteiger partial charge in [0, 0.05) is 25.4 Å². The van der Waals surface area contributed by atoms with E-state index in [0.717, 1.165) is 17.5 Å². The molecule has 5 aliphatic rings. The van der Waals surface area contributed by atoms with E-state index in [9.17, 15) is 37.7 Å². The van der Waals surface area contributed by atoms with Gasteiger partial charge in [-0.15, -0.1) is 0 Å². The van der Waals surface area contributed by atoms with Crippen molar-refractivity contribution in [2.45, 2.75) is 127 Å². The maximum Gasteiger partial charge on any atom is 0.410 e. The van der Waals surface area contributed by atoms with Crippen molar-refractivity contribution in [1.82, 2.24) is 29.9 Å². The Balaban J connectivity index is 1.25. The second-order valence-corrected chi connectivity index (χ2v) is 17.1. The topological polar surface area (TPSA) is 216 Å². The fourth-order valence-electron chi connectivity index (χ4n) is 7.15. The number of benzene rings is 1. The Labute approximate surface area is 309 Å². The standard InChI is InChI=1S/C36H47N7O9S/c1-34(2,3)52-32(47)38-27-14-8-6-4-5-7-13-25-18-36(25,31(46)40-53(49,50)41-35(22-37)15-16-35)39-29(44)28-17-26(21-43(28)30(27)45)51-33(48)42-19-23-11-9-10-12-24(23)20-42/h7,9-13,25-28,41H,4-6,8,14-21H2,1-3H3,(H,38,47)(H,39,44)(H,40,46). The van der Waals surface area contributed by atoms with Gasteiger partial charge in [0.2, 0.25) is 11.8 Å². The molecular weight excluding hydrogens is 707 g/mol. The van der Waals surface area contributed by atoms with Crippen LogP contribution in [-0.2, 0) is 47.2 Å². The van der Waals surface area contributed by atoms with Gasteiger partial charge in [-0.05, 0) is 70.4 Å². The number of carbonyl (C=O) groups is 5. The SMILES string of the molecule is CC(C)(C)OC(=O)NC1CCCCCC=CC2CC2(C(=O)NS(=O)(=O)NC2(C#N)CC2)NC(=O)C2CC(OC(=O)N3Cc4ccccc4C3)CN2C1=O. The lowest BCUT2D eigenvalue weighted by atomic mass is 10.0. The first-order valence-corrected chi connectivity index (χ1v) is 19.6. The quantitative estimate of drug-likeness (QED) is 0.311. The molecule has 3 aliphatic heterocycles. The molecule has 1 aromatic rings. The van der Waals surface area contributed by atoms with Crippen LogP contribution >= 0.6 is 0 Å². The summed E-state index contributed by atoms with van der Waals surface area (Å²) >= 11 is 0. The number of ether oxygens (including phenoxy) is 2. The van der Waals surface area contributed by atoms with E-state index >= 15 is 0 Å². The van der Waals surface area contributed by atoms with Gasteiger partial charge in [-0.1, -0.05) is 49.3 Å². The summed E-state index contributed by atoms with van der Waals surface area (Å²) in [4.78, 5) is 71.4. The normalized spacial score (nSPS) is 28.1. The molecule has 0 radical (unpaired) electrons. The third-order valence-electron chi connectivity index (χ3n) is 10.2. The number of fused-ring (bicyclic) bond motifs is 3. The number of nitrogens with zero attached hydrogens (tertiary/aromatic N) is 3. The average Bonchev–Trinajstić information content (AvgIpc) is 3.88. The van der Waals surface area contributed by atoms with Gasteiger partial charge in [0.15, 0.2) is 0 Å². The van der Waals surface area contributed by atoms with Crippen molar-refractivity contribution in [2.24, 2.45) is 5.92 Å². The number of alkyl carbamates (subject to hydrolysis) is 1. The minimum Gasteiger partial charge on any atom is -0.444 e. The van der Waals surface area contributed by atoms with Crippen LogP contribution < -0.4 is 20.1 Å². The summed E-state index contributed by atoms with van der Waals surface area (Å²) in [5.74, 6) is -2.86. The highest BCUT2D eigenvalue weighted by atomic mass is 32.2. The predicted molar refractivity (Wildman–Crippen MR) is 188 cm³/mol. The Bertz CT molecular complexity index is 1810. The lowest BCUT2D eigenvalue weighted by Crippen LogP contribution is -2.59. The molecule has 53 heavy (non-hydrogen) atoms. The van der Waals surface area contributed by atoms with Gasteiger partial charge in [0.1, 0.15) is 34.9 Å². The molecule has 0 bridgehead atoms. The summed E-state index contributed by atoms with van der Waals surface area (Å²) in [6.45, 7) is 5.62.